The predicted octanol–water partition coefficient (Wildman–Crippen LogP) is 3.47. The average Bonchev–Trinajstić information content (AvgIpc) is 2.84. The fourth-order valence-electron chi connectivity index (χ4n) is 6.86. The zero-order valence-electron chi connectivity index (χ0n) is 14.9. The Morgan fingerprint density at radius 1 is 1.21 bits per heavy atom. The summed E-state index contributed by atoms with van der Waals surface area (Å²) < 4.78 is 0. The van der Waals surface area contributed by atoms with Crippen LogP contribution >= 0.6 is 0 Å². The third-order valence-corrected chi connectivity index (χ3v) is 7.91. The van der Waals surface area contributed by atoms with E-state index in [1.807, 2.05) is 13.0 Å². The molecule has 7 unspecified atom stereocenters. The van der Waals surface area contributed by atoms with Crippen molar-refractivity contribution < 1.29 is 14.7 Å². The first-order valence-corrected chi connectivity index (χ1v) is 9.42. The van der Waals surface area contributed by atoms with Crippen molar-refractivity contribution in [2.75, 3.05) is 0 Å². The van der Waals surface area contributed by atoms with Crippen molar-refractivity contribution in [3.05, 3.63) is 23.8 Å². The van der Waals surface area contributed by atoms with Gasteiger partial charge in [-0.05, 0) is 67.9 Å². The lowest BCUT2D eigenvalue weighted by atomic mass is 9.47. The van der Waals surface area contributed by atoms with Crippen molar-refractivity contribution in [2.24, 2.45) is 34.5 Å². The van der Waals surface area contributed by atoms with Crippen LogP contribution in [0.15, 0.2) is 23.8 Å². The fourth-order valence-corrected chi connectivity index (χ4v) is 6.86. The molecule has 0 aromatic heterocycles. The van der Waals surface area contributed by atoms with Gasteiger partial charge in [-0.1, -0.05) is 25.5 Å². The highest BCUT2D eigenvalue weighted by atomic mass is 16.3. The first kappa shape index (κ1) is 16.3. The minimum absolute atomic E-state index is 0.00711. The molecule has 3 fully saturated rings. The quantitative estimate of drug-likeness (QED) is 0.802. The number of carbonyl (C=O) groups excluding carboxylic acids is 2. The van der Waals surface area contributed by atoms with Crippen LogP contribution in [0.1, 0.15) is 52.9 Å². The topological polar surface area (TPSA) is 54.4 Å². The van der Waals surface area contributed by atoms with Crippen molar-refractivity contribution in [1.29, 1.82) is 0 Å². The van der Waals surface area contributed by atoms with Crippen LogP contribution in [-0.2, 0) is 9.59 Å². The Balaban J connectivity index is 1.74. The molecule has 3 heteroatoms. The van der Waals surface area contributed by atoms with Gasteiger partial charge in [0, 0.05) is 17.8 Å². The van der Waals surface area contributed by atoms with E-state index in [0.29, 0.717) is 24.0 Å². The zero-order chi connectivity index (χ0) is 17.3. The van der Waals surface area contributed by atoms with Crippen molar-refractivity contribution in [3.8, 4) is 0 Å². The smallest absolute Gasteiger partial charge is 0.178 e. The molecule has 130 valence electrons. The summed E-state index contributed by atoms with van der Waals surface area (Å²) in [6.45, 7) is 6.28. The average molecular weight is 328 g/mol. The Morgan fingerprint density at radius 2 is 1.96 bits per heavy atom. The largest absolute Gasteiger partial charge is 0.393 e. The maximum Gasteiger partial charge on any atom is 0.178 e. The van der Waals surface area contributed by atoms with E-state index in [-0.39, 0.29) is 34.6 Å². The number of carbonyl (C=O) groups is 2. The van der Waals surface area contributed by atoms with Gasteiger partial charge in [-0.15, -0.1) is 0 Å². The van der Waals surface area contributed by atoms with Gasteiger partial charge in [-0.25, -0.2) is 0 Å². The lowest BCUT2D eigenvalue weighted by Gasteiger charge is -2.56. The summed E-state index contributed by atoms with van der Waals surface area (Å²) >= 11 is 0. The second-order valence-electron chi connectivity index (χ2n) is 9.05. The molecule has 0 aliphatic heterocycles. The molecule has 4 rings (SSSR count). The molecule has 3 saturated carbocycles. The van der Waals surface area contributed by atoms with Crippen molar-refractivity contribution in [1.82, 2.24) is 0 Å². The lowest BCUT2D eigenvalue weighted by Crippen LogP contribution is -2.54. The van der Waals surface area contributed by atoms with Crippen LogP contribution < -0.4 is 0 Å². The van der Waals surface area contributed by atoms with E-state index < -0.39 is 0 Å². The molecule has 0 amide bonds. The van der Waals surface area contributed by atoms with Gasteiger partial charge in [0.05, 0.1) is 6.10 Å². The lowest BCUT2D eigenvalue weighted by molar-refractivity contribution is -0.144. The summed E-state index contributed by atoms with van der Waals surface area (Å²) in [7, 11) is 0. The molecular formula is C21H28O3. The number of aliphatic hydroxyl groups is 1. The Labute approximate surface area is 144 Å². The van der Waals surface area contributed by atoms with Crippen molar-refractivity contribution in [3.63, 3.8) is 0 Å². The van der Waals surface area contributed by atoms with E-state index in [0.717, 1.165) is 31.3 Å². The van der Waals surface area contributed by atoms with Gasteiger partial charge < -0.3 is 5.11 Å². The second kappa shape index (κ2) is 5.14. The first-order valence-electron chi connectivity index (χ1n) is 9.42. The molecule has 4 aliphatic rings. The van der Waals surface area contributed by atoms with Crippen LogP contribution in [0.5, 0.6) is 0 Å². The van der Waals surface area contributed by atoms with Gasteiger partial charge in [-0.2, -0.15) is 0 Å². The van der Waals surface area contributed by atoms with E-state index >= 15 is 0 Å². The monoisotopic (exact) mass is 328 g/mol. The number of rotatable bonds is 1. The van der Waals surface area contributed by atoms with Crippen LogP contribution in [0.2, 0.25) is 0 Å². The van der Waals surface area contributed by atoms with Gasteiger partial charge in [0.2, 0.25) is 0 Å². The molecule has 0 saturated heterocycles. The maximum atomic E-state index is 13.3. The maximum absolute atomic E-state index is 13.3. The molecule has 0 aromatic carbocycles. The SMILES string of the molecule is CC(O)C1CCC2C3CCC4=CC(=O)C=CC4(C)C3C(=O)CC12C. The van der Waals surface area contributed by atoms with E-state index in [2.05, 4.69) is 13.8 Å². The number of aliphatic hydroxyl groups excluding tert-OH is 1. The molecule has 0 aromatic rings. The second-order valence-corrected chi connectivity index (χ2v) is 9.05. The third kappa shape index (κ3) is 2.00. The summed E-state index contributed by atoms with van der Waals surface area (Å²) in [6.07, 6.45) is 9.75. The third-order valence-electron chi connectivity index (χ3n) is 7.91. The van der Waals surface area contributed by atoms with Gasteiger partial charge >= 0.3 is 0 Å². The molecule has 0 heterocycles. The molecular weight excluding hydrogens is 300 g/mol. The van der Waals surface area contributed by atoms with Gasteiger partial charge in [0.15, 0.2) is 5.78 Å². The normalized spacial score (nSPS) is 48.4. The van der Waals surface area contributed by atoms with Crippen molar-refractivity contribution >= 4 is 11.6 Å². The first-order chi connectivity index (χ1) is 11.3. The van der Waals surface area contributed by atoms with Gasteiger partial charge in [0.1, 0.15) is 5.78 Å². The summed E-state index contributed by atoms with van der Waals surface area (Å²) in [5, 5.41) is 10.2. The zero-order valence-corrected chi connectivity index (χ0v) is 14.9. The molecule has 1 N–H and O–H groups in total. The van der Waals surface area contributed by atoms with Crippen molar-refractivity contribution in [2.45, 2.75) is 59.0 Å². The predicted molar refractivity (Wildman–Crippen MR) is 92.2 cm³/mol. The van der Waals surface area contributed by atoms with Crippen LogP contribution in [0.25, 0.3) is 0 Å². The highest BCUT2D eigenvalue weighted by molar-refractivity contribution is 6.01. The van der Waals surface area contributed by atoms with Crippen LogP contribution in [0.4, 0.5) is 0 Å². The Kier molecular flexibility index (Phi) is 3.48. The van der Waals surface area contributed by atoms with E-state index in [1.54, 1.807) is 12.2 Å². The Hall–Kier alpha value is -1.22. The standard InChI is InChI=1S/C21H28O3/c1-12(22)16-6-7-17-15-5-4-13-10-14(23)8-9-20(13,2)19(15)18(24)11-21(16,17)3/h8-10,12,15-17,19,22H,4-7,11H2,1-3H3. The Morgan fingerprint density at radius 3 is 2.67 bits per heavy atom. The highest BCUT2D eigenvalue weighted by Crippen LogP contribution is 2.65. The molecule has 4 aliphatic carbocycles. The molecule has 24 heavy (non-hydrogen) atoms. The van der Waals surface area contributed by atoms with Crippen LogP contribution in [-0.4, -0.2) is 22.8 Å². The summed E-state index contributed by atoms with van der Waals surface area (Å²) in [5.74, 6) is 1.56. The molecule has 7 atom stereocenters. The number of ketones is 2. The molecule has 0 bridgehead atoms. The molecule has 0 spiro atoms. The van der Waals surface area contributed by atoms with Gasteiger partial charge in [0.25, 0.3) is 0 Å². The minimum atomic E-state index is -0.341. The number of Topliss-reactive ketones (excluding diaryl/α,β-unsaturated/α-hetero) is 1. The van der Waals surface area contributed by atoms with E-state index in [9.17, 15) is 14.7 Å². The van der Waals surface area contributed by atoms with Gasteiger partial charge in [-0.3, -0.25) is 9.59 Å². The minimum Gasteiger partial charge on any atom is -0.393 e. The Bertz CT molecular complexity index is 658. The molecule has 0 radical (unpaired) electrons. The number of allylic oxidation sites excluding steroid dienone is 4. The molecule has 3 nitrogen and oxygen atoms in total. The van der Waals surface area contributed by atoms with Crippen LogP contribution in [0.3, 0.4) is 0 Å². The number of hydrogen-bond donors (Lipinski definition) is 1. The summed E-state index contributed by atoms with van der Waals surface area (Å²) in [4.78, 5) is 25.0. The van der Waals surface area contributed by atoms with E-state index in [4.69, 9.17) is 0 Å². The number of fused-ring (bicyclic) bond motifs is 5. The fraction of sp³-hybridized carbons (Fsp3) is 0.714. The summed E-state index contributed by atoms with van der Waals surface area (Å²) in [5.41, 5.74) is 0.814. The van der Waals surface area contributed by atoms with Crippen LogP contribution in [0, 0.1) is 34.5 Å². The number of hydrogen-bond acceptors (Lipinski definition) is 3. The highest BCUT2D eigenvalue weighted by Gasteiger charge is 2.62. The summed E-state index contributed by atoms with van der Waals surface area (Å²) in [6, 6.07) is 0. The van der Waals surface area contributed by atoms with E-state index in [1.165, 1.54) is 0 Å².